The first-order valence-electron chi connectivity index (χ1n) is 8.22. The molecule has 1 aliphatic carbocycles. The van der Waals surface area contributed by atoms with E-state index in [-0.39, 0.29) is 17.8 Å². The van der Waals surface area contributed by atoms with Crippen LogP contribution in [0.2, 0.25) is 0 Å². The number of aromatic nitrogens is 2. The van der Waals surface area contributed by atoms with Crippen LogP contribution in [0.3, 0.4) is 0 Å². The second-order valence-corrected chi connectivity index (χ2v) is 8.65. The molecule has 0 spiro atoms. The molecule has 2 fully saturated rings. The van der Waals surface area contributed by atoms with Crippen LogP contribution >= 0.6 is 27.3 Å². The van der Waals surface area contributed by atoms with E-state index in [0.717, 1.165) is 12.8 Å². The highest BCUT2D eigenvalue weighted by Gasteiger charge is 2.45. The molecule has 3 heterocycles. The first-order chi connectivity index (χ1) is 12.0. The van der Waals surface area contributed by atoms with Crippen LogP contribution in [-0.4, -0.2) is 40.2 Å². The number of amides is 1. The summed E-state index contributed by atoms with van der Waals surface area (Å²) < 4.78 is 20.2. The summed E-state index contributed by atoms with van der Waals surface area (Å²) in [6, 6.07) is 4.94. The summed E-state index contributed by atoms with van der Waals surface area (Å²) in [5, 5.41) is 7.97. The maximum Gasteiger partial charge on any atom is 0.264 e. The van der Waals surface area contributed by atoms with Crippen LogP contribution in [0.1, 0.15) is 27.4 Å². The maximum atomic E-state index is 13.6. The summed E-state index contributed by atoms with van der Waals surface area (Å²) in [4.78, 5) is 15.5. The van der Waals surface area contributed by atoms with Gasteiger partial charge in [0.05, 0.1) is 4.88 Å². The van der Waals surface area contributed by atoms with Crippen molar-refractivity contribution in [1.29, 1.82) is 0 Å². The molecule has 2 aromatic rings. The number of carbonyl (C=O) groups excluding carboxylic acids is 1. The van der Waals surface area contributed by atoms with Crippen LogP contribution in [0.5, 0.6) is 5.88 Å². The van der Waals surface area contributed by atoms with Gasteiger partial charge in [0.1, 0.15) is 16.5 Å². The van der Waals surface area contributed by atoms with Gasteiger partial charge in [-0.15, -0.1) is 21.5 Å². The van der Waals surface area contributed by atoms with Crippen molar-refractivity contribution in [3.05, 3.63) is 38.4 Å². The number of carbonyl (C=O) groups is 1. The smallest absolute Gasteiger partial charge is 0.264 e. The van der Waals surface area contributed by atoms with Crippen LogP contribution in [0.15, 0.2) is 22.8 Å². The molecule has 0 bridgehead atoms. The number of fused-ring (bicyclic) bond motifs is 1. The average Bonchev–Trinajstić information content (AvgIpc) is 3.26. The van der Waals surface area contributed by atoms with E-state index in [2.05, 4.69) is 26.1 Å². The Morgan fingerprint density at radius 1 is 1.36 bits per heavy atom. The number of nitrogens with zero attached hydrogens (tertiary/aromatic N) is 3. The molecular weight excluding hydrogens is 409 g/mol. The molecule has 132 valence electrons. The van der Waals surface area contributed by atoms with Crippen LogP contribution in [0.4, 0.5) is 4.39 Å². The summed E-state index contributed by atoms with van der Waals surface area (Å²) in [5.74, 6) is 0.856. The largest absolute Gasteiger partial charge is 0.473 e. The fourth-order valence-electron chi connectivity index (χ4n) is 3.77. The molecule has 0 unspecified atom stereocenters. The van der Waals surface area contributed by atoms with E-state index >= 15 is 0 Å². The number of thiophene rings is 1. The molecule has 0 radical (unpaired) electrons. The predicted octanol–water partition coefficient (Wildman–Crippen LogP) is 3.68. The molecule has 8 heteroatoms. The van der Waals surface area contributed by atoms with Crippen LogP contribution in [0.25, 0.3) is 0 Å². The van der Waals surface area contributed by atoms with Gasteiger partial charge in [0.25, 0.3) is 5.91 Å². The Morgan fingerprint density at radius 3 is 2.88 bits per heavy atom. The normalized spacial score (nSPS) is 25.2. The maximum absolute atomic E-state index is 13.6. The molecule has 5 nitrogen and oxygen atoms in total. The van der Waals surface area contributed by atoms with Crippen LogP contribution in [0, 0.1) is 24.6 Å². The van der Waals surface area contributed by atoms with Gasteiger partial charge < -0.3 is 9.64 Å². The quantitative estimate of drug-likeness (QED) is 0.752. The lowest BCUT2D eigenvalue weighted by atomic mass is 9.99. The van der Waals surface area contributed by atoms with Crippen molar-refractivity contribution in [2.45, 2.75) is 25.9 Å². The van der Waals surface area contributed by atoms with Crippen LogP contribution in [-0.2, 0) is 0 Å². The Kier molecular flexibility index (Phi) is 4.49. The van der Waals surface area contributed by atoms with E-state index in [1.807, 2.05) is 4.90 Å². The molecule has 0 N–H and O–H groups in total. The number of hydrogen-bond donors (Lipinski definition) is 0. The highest BCUT2D eigenvalue weighted by Crippen LogP contribution is 2.40. The number of rotatable bonds is 3. The number of likely N-dealkylation sites (tertiary alicyclic amines) is 1. The van der Waals surface area contributed by atoms with Gasteiger partial charge in [-0.2, -0.15) is 0 Å². The average molecular weight is 426 g/mol. The van der Waals surface area contributed by atoms with Gasteiger partial charge in [0, 0.05) is 30.0 Å². The molecule has 1 saturated heterocycles. The van der Waals surface area contributed by atoms with Gasteiger partial charge in [-0.1, -0.05) is 0 Å². The molecule has 4 rings (SSSR count). The monoisotopic (exact) mass is 425 g/mol. The SMILES string of the molecule is Cc1sc(C(=O)N2C[C@@H]3CC[C@@H](Oc4ccc(Br)nn4)[C@@H]3C2)cc1F. The van der Waals surface area contributed by atoms with Crippen molar-refractivity contribution in [3.63, 3.8) is 0 Å². The lowest BCUT2D eigenvalue weighted by Crippen LogP contribution is -2.32. The molecule has 1 amide bonds. The number of hydrogen-bond acceptors (Lipinski definition) is 5. The highest BCUT2D eigenvalue weighted by atomic mass is 79.9. The first-order valence-corrected chi connectivity index (χ1v) is 9.83. The van der Waals surface area contributed by atoms with Gasteiger partial charge in [-0.05, 0) is 53.7 Å². The van der Waals surface area contributed by atoms with E-state index < -0.39 is 0 Å². The zero-order chi connectivity index (χ0) is 17.6. The number of aryl methyl sites for hydroxylation is 1. The Labute approximate surface area is 157 Å². The summed E-state index contributed by atoms with van der Waals surface area (Å²) in [6.45, 7) is 3.06. The highest BCUT2D eigenvalue weighted by molar-refractivity contribution is 9.10. The molecule has 3 atom stereocenters. The summed E-state index contributed by atoms with van der Waals surface area (Å²) in [5.41, 5.74) is 0. The minimum absolute atomic E-state index is 0.0417. The standard InChI is InChI=1S/C17H17BrFN3O2S/c1-9-12(19)6-14(25-9)17(23)22-7-10-2-3-13(11(10)8-22)24-16-5-4-15(18)20-21-16/h4-6,10-11,13H,2-3,7-8H2,1H3/t10-,11+,13+/m0/s1. The summed E-state index contributed by atoms with van der Waals surface area (Å²) in [6.07, 6.45) is 2.03. The topological polar surface area (TPSA) is 55.3 Å². The summed E-state index contributed by atoms with van der Waals surface area (Å²) >= 11 is 4.48. The number of ether oxygens (including phenoxy) is 1. The van der Waals surface area contributed by atoms with E-state index in [4.69, 9.17) is 4.74 Å². The van der Waals surface area contributed by atoms with Crippen molar-refractivity contribution in [1.82, 2.24) is 15.1 Å². The second-order valence-electron chi connectivity index (χ2n) is 6.58. The van der Waals surface area contributed by atoms with E-state index in [0.29, 0.717) is 45.2 Å². The molecular formula is C17H17BrFN3O2S. The molecule has 1 aliphatic heterocycles. The minimum atomic E-state index is -0.303. The molecule has 0 aromatic carbocycles. The zero-order valence-electron chi connectivity index (χ0n) is 13.6. The van der Waals surface area contributed by atoms with Crippen LogP contribution < -0.4 is 4.74 Å². The van der Waals surface area contributed by atoms with Crippen molar-refractivity contribution in [2.24, 2.45) is 11.8 Å². The van der Waals surface area contributed by atoms with E-state index in [1.165, 1.54) is 17.4 Å². The predicted molar refractivity (Wildman–Crippen MR) is 95.3 cm³/mol. The van der Waals surface area contributed by atoms with Crippen molar-refractivity contribution in [2.75, 3.05) is 13.1 Å². The van der Waals surface area contributed by atoms with E-state index in [9.17, 15) is 9.18 Å². The minimum Gasteiger partial charge on any atom is -0.473 e. The summed E-state index contributed by atoms with van der Waals surface area (Å²) in [7, 11) is 0. The first kappa shape index (κ1) is 16.9. The van der Waals surface area contributed by atoms with Gasteiger partial charge in [0.2, 0.25) is 5.88 Å². The van der Waals surface area contributed by atoms with E-state index in [1.54, 1.807) is 19.1 Å². The van der Waals surface area contributed by atoms with Gasteiger partial charge in [-0.3, -0.25) is 4.79 Å². The van der Waals surface area contributed by atoms with Gasteiger partial charge in [-0.25, -0.2) is 4.39 Å². The van der Waals surface area contributed by atoms with Crippen molar-refractivity contribution < 1.29 is 13.9 Å². The molecule has 25 heavy (non-hydrogen) atoms. The zero-order valence-corrected chi connectivity index (χ0v) is 16.0. The lowest BCUT2D eigenvalue weighted by Gasteiger charge is -2.21. The fraction of sp³-hybridized carbons (Fsp3) is 0.471. The lowest BCUT2D eigenvalue weighted by molar-refractivity contribution is 0.0765. The Hall–Kier alpha value is -1.54. The van der Waals surface area contributed by atoms with Gasteiger partial charge >= 0.3 is 0 Å². The molecule has 1 saturated carbocycles. The molecule has 2 aromatic heterocycles. The Morgan fingerprint density at radius 2 is 2.20 bits per heavy atom. The fourth-order valence-corrected chi connectivity index (χ4v) is 4.85. The third-order valence-electron chi connectivity index (χ3n) is 5.03. The second kappa shape index (κ2) is 6.64. The Bertz CT molecular complexity index is 778. The van der Waals surface area contributed by atoms with Crippen molar-refractivity contribution >= 4 is 33.2 Å². The molecule has 2 aliphatic rings. The van der Waals surface area contributed by atoms with Gasteiger partial charge in [0.15, 0.2) is 0 Å². The third kappa shape index (κ3) is 3.29. The number of halogens is 2. The third-order valence-corrected chi connectivity index (χ3v) is 6.46. The Balaban J connectivity index is 1.44. The van der Waals surface area contributed by atoms with Crippen molar-refractivity contribution in [3.8, 4) is 5.88 Å².